The number of anilines is 1. The molecule has 1 N–H and O–H groups in total. The molecule has 7 heteroatoms. The Labute approximate surface area is 219 Å². The van der Waals surface area contributed by atoms with Gasteiger partial charge in [-0.15, -0.1) is 0 Å². The standard InChI is InChI=1S/C29H28BrN3O3/c1-20-29(21(2)33(32-20)18-23-7-5-4-6-8-23)31-28(34)16-10-22-9-15-27(35-3)24(17-22)19-36-26-13-11-25(30)12-14-26/h4-17H,18-19H2,1-3H3,(H,31,34)/b16-10+. The molecule has 1 heterocycles. The quantitative estimate of drug-likeness (QED) is 0.242. The molecule has 0 spiro atoms. The highest BCUT2D eigenvalue weighted by Crippen LogP contribution is 2.24. The number of ether oxygens (including phenoxy) is 2. The number of carbonyl (C=O) groups excluding carboxylic acids is 1. The summed E-state index contributed by atoms with van der Waals surface area (Å²) in [6, 6.07) is 23.5. The summed E-state index contributed by atoms with van der Waals surface area (Å²) in [5, 5.41) is 7.59. The predicted octanol–water partition coefficient (Wildman–Crippen LogP) is 6.55. The molecule has 3 aromatic carbocycles. The molecule has 1 amide bonds. The van der Waals surface area contributed by atoms with Crippen LogP contribution in [0.5, 0.6) is 11.5 Å². The van der Waals surface area contributed by atoms with Crippen molar-refractivity contribution in [2.45, 2.75) is 27.0 Å². The van der Waals surface area contributed by atoms with Crippen molar-refractivity contribution in [2.75, 3.05) is 12.4 Å². The second kappa shape index (κ2) is 11.7. The van der Waals surface area contributed by atoms with E-state index in [1.807, 2.05) is 79.2 Å². The minimum atomic E-state index is -0.219. The first-order valence-electron chi connectivity index (χ1n) is 11.5. The van der Waals surface area contributed by atoms with Crippen molar-refractivity contribution >= 4 is 33.6 Å². The molecule has 0 radical (unpaired) electrons. The third-order valence-electron chi connectivity index (χ3n) is 5.74. The number of hydrogen-bond donors (Lipinski definition) is 1. The van der Waals surface area contributed by atoms with Crippen molar-refractivity contribution in [1.82, 2.24) is 9.78 Å². The van der Waals surface area contributed by atoms with E-state index in [1.54, 1.807) is 13.2 Å². The third-order valence-corrected chi connectivity index (χ3v) is 6.27. The zero-order valence-electron chi connectivity index (χ0n) is 20.5. The molecule has 4 aromatic rings. The van der Waals surface area contributed by atoms with Crippen LogP contribution in [0.15, 0.2) is 83.3 Å². The Hall–Kier alpha value is -3.84. The number of halogens is 1. The number of carbonyl (C=O) groups is 1. The minimum Gasteiger partial charge on any atom is -0.496 e. The van der Waals surface area contributed by atoms with Crippen molar-refractivity contribution in [3.63, 3.8) is 0 Å². The molecular weight excluding hydrogens is 518 g/mol. The van der Waals surface area contributed by atoms with E-state index in [2.05, 4.69) is 38.5 Å². The first kappa shape index (κ1) is 25.3. The van der Waals surface area contributed by atoms with Gasteiger partial charge in [0.1, 0.15) is 18.1 Å². The highest BCUT2D eigenvalue weighted by Gasteiger charge is 2.13. The van der Waals surface area contributed by atoms with E-state index in [9.17, 15) is 4.79 Å². The Morgan fingerprint density at radius 1 is 1.06 bits per heavy atom. The summed E-state index contributed by atoms with van der Waals surface area (Å²) in [4.78, 5) is 12.7. The van der Waals surface area contributed by atoms with Gasteiger partial charge in [0.05, 0.1) is 30.7 Å². The zero-order valence-corrected chi connectivity index (χ0v) is 22.1. The molecule has 0 fully saturated rings. The molecule has 0 saturated carbocycles. The number of aryl methyl sites for hydroxylation is 1. The maximum Gasteiger partial charge on any atom is 0.248 e. The molecule has 0 bridgehead atoms. The Morgan fingerprint density at radius 2 is 1.81 bits per heavy atom. The summed E-state index contributed by atoms with van der Waals surface area (Å²) < 4.78 is 14.3. The molecule has 4 rings (SSSR count). The van der Waals surface area contributed by atoms with Crippen LogP contribution in [-0.4, -0.2) is 22.8 Å². The van der Waals surface area contributed by atoms with Crippen LogP contribution in [0.4, 0.5) is 5.69 Å². The van der Waals surface area contributed by atoms with Crippen LogP contribution in [0, 0.1) is 13.8 Å². The normalized spacial score (nSPS) is 11.0. The number of aromatic nitrogens is 2. The van der Waals surface area contributed by atoms with Crippen molar-refractivity contribution in [2.24, 2.45) is 0 Å². The number of nitrogens with one attached hydrogen (secondary N) is 1. The second-order valence-electron chi connectivity index (χ2n) is 8.33. The molecule has 1 aromatic heterocycles. The molecule has 0 atom stereocenters. The maximum atomic E-state index is 12.7. The first-order chi connectivity index (χ1) is 17.4. The molecule has 184 valence electrons. The van der Waals surface area contributed by atoms with Gasteiger partial charge >= 0.3 is 0 Å². The zero-order chi connectivity index (χ0) is 25.5. The maximum absolute atomic E-state index is 12.7. The van der Waals surface area contributed by atoms with E-state index in [1.165, 1.54) is 6.08 Å². The van der Waals surface area contributed by atoms with Gasteiger partial charge < -0.3 is 14.8 Å². The summed E-state index contributed by atoms with van der Waals surface area (Å²) in [6.07, 6.45) is 3.30. The Bertz CT molecular complexity index is 1360. The Morgan fingerprint density at radius 3 is 2.53 bits per heavy atom. The van der Waals surface area contributed by atoms with Gasteiger partial charge in [-0.25, -0.2) is 0 Å². The average molecular weight is 546 g/mol. The lowest BCUT2D eigenvalue weighted by Crippen LogP contribution is -2.10. The highest BCUT2D eigenvalue weighted by atomic mass is 79.9. The van der Waals surface area contributed by atoms with E-state index in [4.69, 9.17) is 9.47 Å². The third kappa shape index (κ3) is 6.43. The lowest BCUT2D eigenvalue weighted by atomic mass is 10.1. The molecule has 6 nitrogen and oxygen atoms in total. The van der Waals surface area contributed by atoms with Crippen molar-refractivity contribution in [1.29, 1.82) is 0 Å². The van der Waals surface area contributed by atoms with Crippen molar-refractivity contribution < 1.29 is 14.3 Å². The number of nitrogens with zero attached hydrogens (tertiary/aromatic N) is 2. The number of benzene rings is 3. The van der Waals surface area contributed by atoms with Gasteiger partial charge in [0, 0.05) is 16.1 Å². The largest absolute Gasteiger partial charge is 0.496 e. The molecular formula is C29H28BrN3O3. The van der Waals surface area contributed by atoms with Gasteiger partial charge in [-0.2, -0.15) is 5.10 Å². The lowest BCUT2D eigenvalue weighted by molar-refractivity contribution is -0.111. The van der Waals surface area contributed by atoms with Gasteiger partial charge in [-0.3, -0.25) is 9.48 Å². The number of amides is 1. The molecule has 36 heavy (non-hydrogen) atoms. The summed E-state index contributed by atoms with van der Waals surface area (Å²) in [7, 11) is 1.63. The van der Waals surface area contributed by atoms with E-state index < -0.39 is 0 Å². The molecule has 0 unspecified atom stereocenters. The van der Waals surface area contributed by atoms with Gasteiger partial charge in [-0.1, -0.05) is 52.3 Å². The van der Waals surface area contributed by atoms with Gasteiger partial charge in [0.15, 0.2) is 0 Å². The monoisotopic (exact) mass is 545 g/mol. The minimum absolute atomic E-state index is 0.219. The highest BCUT2D eigenvalue weighted by molar-refractivity contribution is 9.10. The van der Waals surface area contributed by atoms with E-state index >= 15 is 0 Å². The average Bonchev–Trinajstić information content (AvgIpc) is 3.15. The van der Waals surface area contributed by atoms with Gasteiger partial charge in [-0.05, 0) is 67.4 Å². The Kier molecular flexibility index (Phi) is 8.23. The first-order valence-corrected chi connectivity index (χ1v) is 12.3. The fourth-order valence-electron chi connectivity index (χ4n) is 3.83. The molecule has 0 saturated heterocycles. The fraction of sp³-hybridized carbons (Fsp3) is 0.172. The lowest BCUT2D eigenvalue weighted by Gasteiger charge is -2.11. The van der Waals surface area contributed by atoms with Crippen LogP contribution in [0.25, 0.3) is 6.08 Å². The Balaban J connectivity index is 1.43. The van der Waals surface area contributed by atoms with Gasteiger partial charge in [0.25, 0.3) is 0 Å². The summed E-state index contributed by atoms with van der Waals surface area (Å²) in [6.45, 7) is 4.85. The summed E-state index contributed by atoms with van der Waals surface area (Å²) >= 11 is 3.43. The van der Waals surface area contributed by atoms with E-state index in [0.29, 0.717) is 13.2 Å². The van der Waals surface area contributed by atoms with Gasteiger partial charge in [0.2, 0.25) is 5.91 Å². The van der Waals surface area contributed by atoms with Crippen LogP contribution in [0.2, 0.25) is 0 Å². The number of rotatable bonds is 9. The van der Waals surface area contributed by atoms with Crippen molar-refractivity contribution in [3.8, 4) is 11.5 Å². The predicted molar refractivity (Wildman–Crippen MR) is 146 cm³/mol. The summed E-state index contributed by atoms with van der Waals surface area (Å²) in [5.41, 5.74) is 5.33. The second-order valence-corrected chi connectivity index (χ2v) is 9.24. The van der Waals surface area contributed by atoms with Crippen LogP contribution in [-0.2, 0) is 17.9 Å². The number of methoxy groups -OCH3 is 1. The number of hydrogen-bond acceptors (Lipinski definition) is 4. The van der Waals surface area contributed by atoms with E-state index in [0.717, 1.165) is 49.7 Å². The fourth-order valence-corrected chi connectivity index (χ4v) is 4.10. The molecule has 0 aliphatic heterocycles. The SMILES string of the molecule is COc1ccc(/C=C/C(=O)Nc2c(C)nn(Cc3ccccc3)c2C)cc1COc1ccc(Br)cc1. The molecule has 0 aliphatic rings. The van der Waals surface area contributed by atoms with Crippen LogP contribution < -0.4 is 14.8 Å². The van der Waals surface area contributed by atoms with Crippen LogP contribution in [0.1, 0.15) is 28.1 Å². The van der Waals surface area contributed by atoms with Crippen LogP contribution in [0.3, 0.4) is 0 Å². The van der Waals surface area contributed by atoms with Crippen LogP contribution >= 0.6 is 15.9 Å². The molecule has 0 aliphatic carbocycles. The smallest absolute Gasteiger partial charge is 0.248 e. The topological polar surface area (TPSA) is 65.4 Å². The van der Waals surface area contributed by atoms with Crippen molar-refractivity contribution in [3.05, 3.63) is 111 Å². The van der Waals surface area contributed by atoms with E-state index in [-0.39, 0.29) is 5.91 Å². The summed E-state index contributed by atoms with van der Waals surface area (Å²) in [5.74, 6) is 1.27.